The van der Waals surface area contributed by atoms with Crippen LogP contribution >= 0.6 is 11.6 Å². The molecule has 0 saturated heterocycles. The SMILES string of the molecule is COc1cc(/C(C)=N\Nc2ccc(Cl)cc2)ccc1OCC(=O)[O-]. The fourth-order valence-corrected chi connectivity index (χ4v) is 2.01. The van der Waals surface area contributed by atoms with Gasteiger partial charge in [-0.3, -0.25) is 5.43 Å². The third kappa shape index (κ3) is 4.89. The standard InChI is InChI=1S/C17H17ClN2O4/c1-11(19-20-14-6-4-13(18)5-7-14)12-3-8-15(16(9-12)23-2)24-10-17(21)22/h3-9,20H,10H2,1-2H3,(H,21,22)/p-1/b19-11-. The smallest absolute Gasteiger partial charge is 0.161 e. The molecule has 7 heteroatoms. The number of carboxylic acids is 1. The number of hydrogen-bond donors (Lipinski definition) is 1. The molecule has 0 aliphatic rings. The molecule has 6 nitrogen and oxygen atoms in total. The number of anilines is 1. The van der Waals surface area contributed by atoms with Crippen molar-refractivity contribution in [1.29, 1.82) is 0 Å². The molecule has 0 heterocycles. The summed E-state index contributed by atoms with van der Waals surface area (Å²) in [5.74, 6) is -0.565. The van der Waals surface area contributed by atoms with E-state index in [2.05, 4.69) is 10.5 Å². The van der Waals surface area contributed by atoms with Crippen LogP contribution in [-0.2, 0) is 4.79 Å². The van der Waals surface area contributed by atoms with Crippen molar-refractivity contribution in [2.75, 3.05) is 19.1 Å². The van der Waals surface area contributed by atoms with Gasteiger partial charge in [-0.1, -0.05) is 11.6 Å². The van der Waals surface area contributed by atoms with Crippen molar-refractivity contribution in [3.05, 3.63) is 53.1 Å². The summed E-state index contributed by atoms with van der Waals surface area (Å²) in [4.78, 5) is 10.5. The largest absolute Gasteiger partial charge is 0.546 e. The summed E-state index contributed by atoms with van der Waals surface area (Å²) in [6.07, 6.45) is 0. The molecule has 0 radical (unpaired) electrons. The van der Waals surface area contributed by atoms with Crippen LogP contribution in [0.3, 0.4) is 0 Å². The van der Waals surface area contributed by atoms with E-state index in [9.17, 15) is 9.90 Å². The third-order valence-corrected chi connectivity index (χ3v) is 3.38. The van der Waals surface area contributed by atoms with Gasteiger partial charge in [0.15, 0.2) is 11.5 Å². The molecule has 0 saturated carbocycles. The van der Waals surface area contributed by atoms with Crippen molar-refractivity contribution in [3.8, 4) is 11.5 Å². The van der Waals surface area contributed by atoms with Crippen LogP contribution in [-0.4, -0.2) is 25.4 Å². The molecule has 0 aliphatic carbocycles. The van der Waals surface area contributed by atoms with Crippen LogP contribution in [0.2, 0.25) is 5.02 Å². The summed E-state index contributed by atoms with van der Waals surface area (Å²) in [7, 11) is 1.48. The average Bonchev–Trinajstić information content (AvgIpc) is 2.59. The molecule has 0 bridgehead atoms. The second-order valence-electron chi connectivity index (χ2n) is 4.84. The Morgan fingerprint density at radius 1 is 1.21 bits per heavy atom. The average molecular weight is 348 g/mol. The van der Waals surface area contributed by atoms with Crippen LogP contribution in [0.15, 0.2) is 47.6 Å². The van der Waals surface area contributed by atoms with E-state index in [4.69, 9.17) is 21.1 Å². The molecule has 2 rings (SSSR count). The lowest BCUT2D eigenvalue weighted by Gasteiger charge is -2.12. The molecule has 0 atom stereocenters. The van der Waals surface area contributed by atoms with Gasteiger partial charge in [0, 0.05) is 10.6 Å². The number of benzene rings is 2. The lowest BCUT2D eigenvalue weighted by molar-refractivity contribution is -0.307. The van der Waals surface area contributed by atoms with E-state index in [-0.39, 0.29) is 0 Å². The summed E-state index contributed by atoms with van der Waals surface area (Å²) in [6.45, 7) is 1.29. The summed E-state index contributed by atoms with van der Waals surface area (Å²) < 4.78 is 10.3. The Morgan fingerprint density at radius 2 is 1.92 bits per heavy atom. The predicted molar refractivity (Wildman–Crippen MR) is 90.8 cm³/mol. The Kier molecular flexibility index (Phi) is 6.03. The van der Waals surface area contributed by atoms with Crippen LogP contribution < -0.4 is 20.0 Å². The van der Waals surface area contributed by atoms with Crippen LogP contribution in [0.1, 0.15) is 12.5 Å². The molecule has 1 N–H and O–H groups in total. The lowest BCUT2D eigenvalue weighted by atomic mass is 10.1. The van der Waals surface area contributed by atoms with Crippen molar-refractivity contribution >= 4 is 29.0 Å². The summed E-state index contributed by atoms with van der Waals surface area (Å²) in [5.41, 5.74) is 5.26. The fourth-order valence-electron chi connectivity index (χ4n) is 1.89. The number of carboxylic acid groups (broad SMARTS) is 1. The minimum atomic E-state index is -1.30. The molecule has 0 unspecified atom stereocenters. The highest BCUT2D eigenvalue weighted by Gasteiger charge is 2.08. The quantitative estimate of drug-likeness (QED) is 0.614. The second-order valence-corrected chi connectivity index (χ2v) is 5.28. The number of carbonyl (C=O) groups is 1. The van der Waals surface area contributed by atoms with Crippen LogP contribution in [0.4, 0.5) is 5.69 Å². The van der Waals surface area contributed by atoms with Crippen molar-refractivity contribution in [2.24, 2.45) is 5.10 Å². The Hall–Kier alpha value is -2.73. The van der Waals surface area contributed by atoms with E-state index >= 15 is 0 Å². The maximum absolute atomic E-state index is 10.5. The lowest BCUT2D eigenvalue weighted by Crippen LogP contribution is -2.29. The third-order valence-electron chi connectivity index (χ3n) is 3.12. The Bertz CT molecular complexity index is 745. The van der Waals surface area contributed by atoms with Gasteiger partial charge < -0.3 is 19.4 Å². The van der Waals surface area contributed by atoms with Gasteiger partial charge in [0.05, 0.1) is 24.5 Å². The number of nitrogens with one attached hydrogen (secondary N) is 1. The van der Waals surface area contributed by atoms with E-state index in [0.717, 1.165) is 17.0 Å². The van der Waals surface area contributed by atoms with Crippen molar-refractivity contribution in [2.45, 2.75) is 6.92 Å². The molecule has 0 aromatic heterocycles. The first-order valence-electron chi connectivity index (χ1n) is 7.06. The minimum absolute atomic E-state index is 0.323. The second kappa shape index (κ2) is 8.21. The van der Waals surface area contributed by atoms with Crippen LogP contribution in [0, 0.1) is 0 Å². The summed E-state index contributed by atoms with van der Waals surface area (Å²) in [6, 6.07) is 12.3. The minimum Gasteiger partial charge on any atom is -0.546 e. The first-order valence-corrected chi connectivity index (χ1v) is 7.44. The van der Waals surface area contributed by atoms with Crippen molar-refractivity contribution < 1.29 is 19.4 Å². The van der Waals surface area contributed by atoms with Crippen LogP contribution in [0.5, 0.6) is 11.5 Å². The van der Waals surface area contributed by atoms with Crippen molar-refractivity contribution in [1.82, 2.24) is 0 Å². The number of halogens is 1. The van der Waals surface area contributed by atoms with Crippen molar-refractivity contribution in [3.63, 3.8) is 0 Å². The summed E-state index contributed by atoms with van der Waals surface area (Å²) in [5, 5.41) is 15.4. The van der Waals surface area contributed by atoms with Gasteiger partial charge >= 0.3 is 0 Å². The molecule has 0 aliphatic heterocycles. The number of hydrogen-bond acceptors (Lipinski definition) is 6. The Balaban J connectivity index is 2.13. The number of aliphatic carboxylic acids is 1. The number of nitrogens with zero attached hydrogens (tertiary/aromatic N) is 1. The Morgan fingerprint density at radius 3 is 2.54 bits per heavy atom. The zero-order valence-electron chi connectivity index (χ0n) is 13.2. The van der Waals surface area contributed by atoms with E-state index in [1.165, 1.54) is 7.11 Å². The molecular weight excluding hydrogens is 332 g/mol. The fraction of sp³-hybridized carbons (Fsp3) is 0.176. The van der Waals surface area contributed by atoms with E-state index in [1.54, 1.807) is 30.3 Å². The molecular formula is C17H16ClN2O4-. The highest BCUT2D eigenvalue weighted by atomic mass is 35.5. The first-order chi connectivity index (χ1) is 11.5. The van der Waals surface area contributed by atoms with Gasteiger partial charge in [0.25, 0.3) is 0 Å². The predicted octanol–water partition coefficient (Wildman–Crippen LogP) is 2.31. The molecule has 0 amide bonds. The molecule has 0 fully saturated rings. The maximum Gasteiger partial charge on any atom is 0.161 e. The number of methoxy groups -OCH3 is 1. The zero-order chi connectivity index (χ0) is 17.5. The van der Waals surface area contributed by atoms with E-state index in [0.29, 0.717) is 16.5 Å². The molecule has 126 valence electrons. The Labute approximate surface area is 144 Å². The highest BCUT2D eigenvalue weighted by Crippen LogP contribution is 2.28. The van der Waals surface area contributed by atoms with E-state index < -0.39 is 12.6 Å². The highest BCUT2D eigenvalue weighted by molar-refractivity contribution is 6.30. The molecule has 24 heavy (non-hydrogen) atoms. The topological polar surface area (TPSA) is 83.0 Å². The first kappa shape index (κ1) is 17.6. The van der Waals surface area contributed by atoms with Gasteiger partial charge in [-0.25, -0.2) is 0 Å². The maximum atomic E-state index is 10.5. The molecule has 2 aromatic carbocycles. The van der Waals surface area contributed by atoms with Gasteiger partial charge in [-0.05, 0) is 49.4 Å². The summed E-state index contributed by atoms with van der Waals surface area (Å²) >= 11 is 5.83. The van der Waals surface area contributed by atoms with Gasteiger partial charge in [-0.2, -0.15) is 5.10 Å². The van der Waals surface area contributed by atoms with Gasteiger partial charge in [-0.15, -0.1) is 0 Å². The number of hydrazone groups is 1. The zero-order valence-corrected chi connectivity index (χ0v) is 14.0. The monoisotopic (exact) mass is 347 g/mol. The molecule has 2 aromatic rings. The van der Waals surface area contributed by atoms with E-state index in [1.807, 2.05) is 19.1 Å². The number of ether oxygens (including phenoxy) is 2. The normalized spacial score (nSPS) is 11.0. The van der Waals surface area contributed by atoms with Gasteiger partial charge in [0.2, 0.25) is 0 Å². The number of carbonyl (C=O) groups excluding carboxylic acids is 1. The molecule has 0 spiro atoms. The van der Waals surface area contributed by atoms with Crippen LogP contribution in [0.25, 0.3) is 0 Å². The van der Waals surface area contributed by atoms with Gasteiger partial charge in [0.1, 0.15) is 6.61 Å². The number of rotatable bonds is 7.